The average Bonchev–Trinajstić information content (AvgIpc) is 2.49. The number of primary amides is 1. The summed E-state index contributed by atoms with van der Waals surface area (Å²) in [7, 11) is 0. The molecule has 1 aliphatic heterocycles. The molecule has 2 atom stereocenters. The highest BCUT2D eigenvalue weighted by atomic mass is 79.9. The molecular weight excluding hydrogens is 260 g/mol. The lowest BCUT2D eigenvalue weighted by Gasteiger charge is -2.23. The van der Waals surface area contributed by atoms with E-state index in [9.17, 15) is 9.59 Å². The molecule has 15 heavy (non-hydrogen) atoms. The Morgan fingerprint density at radius 1 is 1.80 bits per heavy atom. The Morgan fingerprint density at radius 3 is 2.93 bits per heavy atom. The van der Waals surface area contributed by atoms with Gasteiger partial charge in [-0.05, 0) is 11.3 Å². The number of carbonyl (C=O) groups excluding carboxylic acids is 2. The second kappa shape index (κ2) is 5.17. The van der Waals surface area contributed by atoms with Gasteiger partial charge in [0, 0.05) is 34.8 Å². The standard InChI is InChI=1S/C10H13BrN2O2/c1-2-8(10(12)15)13-6-7(3-4-11)5-9(13)14/h7-8H,2,5-6H2,1H3,(H2,12,15)/t7?,8-/m0/s1. The van der Waals surface area contributed by atoms with Gasteiger partial charge in [0.05, 0.1) is 0 Å². The van der Waals surface area contributed by atoms with Crippen LogP contribution >= 0.6 is 15.9 Å². The Bertz CT molecular complexity index is 332. The molecule has 2 N–H and O–H groups in total. The van der Waals surface area contributed by atoms with Crippen molar-refractivity contribution in [1.82, 2.24) is 4.90 Å². The van der Waals surface area contributed by atoms with Gasteiger partial charge in [-0.25, -0.2) is 0 Å². The number of rotatable bonds is 3. The monoisotopic (exact) mass is 272 g/mol. The largest absolute Gasteiger partial charge is 0.368 e. The van der Waals surface area contributed by atoms with E-state index in [1.54, 1.807) is 0 Å². The molecule has 2 amide bonds. The van der Waals surface area contributed by atoms with E-state index in [2.05, 4.69) is 26.7 Å². The Morgan fingerprint density at radius 2 is 2.47 bits per heavy atom. The van der Waals surface area contributed by atoms with Crippen molar-refractivity contribution in [2.24, 2.45) is 11.7 Å². The van der Waals surface area contributed by atoms with Crippen LogP contribution in [0.2, 0.25) is 0 Å². The Balaban J connectivity index is 2.74. The number of nitrogens with two attached hydrogens (primary N) is 1. The van der Waals surface area contributed by atoms with Crippen LogP contribution in [-0.2, 0) is 9.59 Å². The maximum Gasteiger partial charge on any atom is 0.240 e. The molecule has 4 nitrogen and oxygen atoms in total. The molecule has 1 rings (SSSR count). The third kappa shape index (κ3) is 2.72. The van der Waals surface area contributed by atoms with Gasteiger partial charge in [0.15, 0.2) is 0 Å². The number of halogens is 1. The second-order valence-corrected chi connectivity index (χ2v) is 3.91. The number of likely N-dealkylation sites (tertiary alicyclic amines) is 1. The van der Waals surface area contributed by atoms with Crippen molar-refractivity contribution >= 4 is 27.7 Å². The maximum absolute atomic E-state index is 11.6. The summed E-state index contributed by atoms with van der Waals surface area (Å²) in [4.78, 5) is 26.8. The zero-order chi connectivity index (χ0) is 11.4. The van der Waals surface area contributed by atoms with Crippen LogP contribution in [0.4, 0.5) is 0 Å². The fourth-order valence-corrected chi connectivity index (χ4v) is 2.11. The third-order valence-corrected chi connectivity index (χ3v) is 2.74. The number of hydrogen-bond acceptors (Lipinski definition) is 2. The van der Waals surface area contributed by atoms with Crippen molar-refractivity contribution in [1.29, 1.82) is 0 Å². The van der Waals surface area contributed by atoms with Gasteiger partial charge in [0.2, 0.25) is 11.8 Å². The lowest BCUT2D eigenvalue weighted by molar-refractivity contribution is -0.136. The van der Waals surface area contributed by atoms with Crippen LogP contribution in [0.25, 0.3) is 0 Å². The molecule has 0 aromatic carbocycles. The van der Waals surface area contributed by atoms with Gasteiger partial charge in [-0.3, -0.25) is 9.59 Å². The highest BCUT2D eigenvalue weighted by molar-refractivity contribution is 9.12. The van der Waals surface area contributed by atoms with Crippen LogP contribution in [0.5, 0.6) is 0 Å². The summed E-state index contributed by atoms with van der Waals surface area (Å²) in [5.74, 6) is 2.39. The van der Waals surface area contributed by atoms with Crippen LogP contribution in [0, 0.1) is 16.7 Å². The molecule has 1 heterocycles. The van der Waals surface area contributed by atoms with E-state index >= 15 is 0 Å². The van der Waals surface area contributed by atoms with Crippen molar-refractivity contribution in [2.45, 2.75) is 25.8 Å². The Hall–Kier alpha value is -1.02. The van der Waals surface area contributed by atoms with Gasteiger partial charge in [-0.1, -0.05) is 12.8 Å². The molecule has 0 spiro atoms. The van der Waals surface area contributed by atoms with Crippen LogP contribution in [0.15, 0.2) is 0 Å². The number of hydrogen-bond donors (Lipinski definition) is 1. The first-order valence-electron chi connectivity index (χ1n) is 4.80. The molecule has 1 saturated heterocycles. The van der Waals surface area contributed by atoms with Crippen molar-refractivity contribution in [2.75, 3.05) is 6.54 Å². The summed E-state index contributed by atoms with van der Waals surface area (Å²) >= 11 is 3.00. The average molecular weight is 273 g/mol. The lowest BCUT2D eigenvalue weighted by atomic mass is 10.1. The number of amides is 2. The zero-order valence-electron chi connectivity index (χ0n) is 8.50. The van der Waals surface area contributed by atoms with Gasteiger partial charge in [-0.15, -0.1) is 0 Å². The van der Waals surface area contributed by atoms with Crippen LogP contribution in [0.1, 0.15) is 19.8 Å². The SMILES string of the molecule is CC[C@@H](C(N)=O)N1CC(C#CBr)CC1=O. The van der Waals surface area contributed by atoms with E-state index in [0.717, 1.165) is 0 Å². The van der Waals surface area contributed by atoms with Gasteiger partial charge >= 0.3 is 0 Å². The molecule has 1 fully saturated rings. The predicted octanol–water partition coefficient (Wildman–Crippen LogP) is 0.455. The quantitative estimate of drug-likeness (QED) is 0.759. The van der Waals surface area contributed by atoms with Gasteiger partial charge in [0.1, 0.15) is 6.04 Å². The zero-order valence-corrected chi connectivity index (χ0v) is 10.1. The topological polar surface area (TPSA) is 63.4 Å². The fraction of sp³-hybridized carbons (Fsp3) is 0.600. The van der Waals surface area contributed by atoms with Gasteiger partial charge in [-0.2, -0.15) is 0 Å². The summed E-state index contributed by atoms with van der Waals surface area (Å²) in [6.07, 6.45) is 0.928. The summed E-state index contributed by atoms with van der Waals surface area (Å²) in [6, 6.07) is -0.486. The minimum absolute atomic E-state index is 0.00488. The molecule has 0 saturated carbocycles. The minimum Gasteiger partial charge on any atom is -0.368 e. The third-order valence-electron chi connectivity index (χ3n) is 2.51. The fourth-order valence-electron chi connectivity index (χ4n) is 1.78. The smallest absolute Gasteiger partial charge is 0.240 e. The maximum atomic E-state index is 11.6. The van der Waals surface area contributed by atoms with E-state index in [-0.39, 0.29) is 11.8 Å². The van der Waals surface area contributed by atoms with E-state index in [0.29, 0.717) is 19.4 Å². The van der Waals surface area contributed by atoms with Crippen molar-refractivity contribution in [3.05, 3.63) is 0 Å². The van der Waals surface area contributed by atoms with Crippen LogP contribution < -0.4 is 5.73 Å². The van der Waals surface area contributed by atoms with E-state index in [4.69, 9.17) is 5.73 Å². The van der Waals surface area contributed by atoms with Crippen molar-refractivity contribution < 1.29 is 9.59 Å². The van der Waals surface area contributed by atoms with Crippen molar-refractivity contribution in [3.8, 4) is 10.8 Å². The van der Waals surface area contributed by atoms with Gasteiger partial charge < -0.3 is 10.6 Å². The molecule has 0 aromatic rings. The predicted molar refractivity (Wildman–Crippen MR) is 59.8 cm³/mol. The molecular formula is C10H13BrN2O2. The van der Waals surface area contributed by atoms with Crippen LogP contribution in [-0.4, -0.2) is 29.3 Å². The summed E-state index contributed by atoms with van der Waals surface area (Å²) in [5, 5.41) is 0. The molecule has 82 valence electrons. The molecule has 1 aliphatic rings. The highest BCUT2D eigenvalue weighted by Crippen LogP contribution is 2.20. The Kier molecular flexibility index (Phi) is 4.15. The molecule has 1 unspecified atom stereocenters. The molecule has 0 aliphatic carbocycles. The van der Waals surface area contributed by atoms with Crippen LogP contribution in [0.3, 0.4) is 0 Å². The molecule has 0 radical (unpaired) electrons. The normalized spacial score (nSPS) is 22.1. The highest BCUT2D eigenvalue weighted by Gasteiger charge is 2.35. The minimum atomic E-state index is -0.486. The molecule has 5 heteroatoms. The van der Waals surface area contributed by atoms with E-state index in [1.165, 1.54) is 4.90 Å². The van der Waals surface area contributed by atoms with Gasteiger partial charge in [0.25, 0.3) is 0 Å². The number of carbonyl (C=O) groups is 2. The lowest BCUT2D eigenvalue weighted by Crippen LogP contribution is -2.45. The second-order valence-electron chi connectivity index (χ2n) is 3.51. The first-order chi connectivity index (χ1) is 7.10. The van der Waals surface area contributed by atoms with E-state index in [1.807, 2.05) is 6.92 Å². The summed E-state index contributed by atoms with van der Waals surface area (Å²) in [5.41, 5.74) is 5.23. The van der Waals surface area contributed by atoms with Crippen molar-refractivity contribution in [3.63, 3.8) is 0 Å². The molecule has 0 bridgehead atoms. The molecule has 0 aromatic heterocycles. The Labute approximate surface area is 97.3 Å². The number of nitrogens with zero attached hydrogens (tertiary/aromatic N) is 1. The summed E-state index contributed by atoms with van der Waals surface area (Å²) < 4.78 is 0. The first kappa shape index (κ1) is 12.1. The summed E-state index contributed by atoms with van der Waals surface area (Å²) in [6.45, 7) is 2.34. The first-order valence-corrected chi connectivity index (χ1v) is 5.59. The van der Waals surface area contributed by atoms with E-state index < -0.39 is 11.9 Å².